The first kappa shape index (κ1) is 14.2. The molecule has 19 heavy (non-hydrogen) atoms. The van der Waals surface area contributed by atoms with E-state index in [1.165, 1.54) is 24.3 Å². The lowest BCUT2D eigenvalue weighted by Gasteiger charge is -2.17. The van der Waals surface area contributed by atoms with Crippen LogP contribution in [0.4, 0.5) is 0 Å². The number of ether oxygens (including phenoxy) is 1. The molecule has 0 spiro atoms. The first-order valence-electron chi connectivity index (χ1n) is 4.81. The van der Waals surface area contributed by atoms with E-state index in [1.54, 1.807) is 6.07 Å². The number of carboxylic acid groups (broad SMARTS) is 3. The van der Waals surface area contributed by atoms with Crippen molar-refractivity contribution in [2.24, 2.45) is 5.41 Å². The maximum absolute atomic E-state index is 11.6. The van der Waals surface area contributed by atoms with Crippen molar-refractivity contribution in [1.82, 2.24) is 0 Å². The van der Waals surface area contributed by atoms with E-state index in [4.69, 9.17) is 15.3 Å². The smallest absolute Gasteiger partial charge is 0.355 e. The van der Waals surface area contributed by atoms with E-state index in [2.05, 4.69) is 4.74 Å². The summed E-state index contributed by atoms with van der Waals surface area (Å²) < 4.78 is 4.48. The molecular formula is C11H8O8. The molecule has 0 fully saturated rings. The van der Waals surface area contributed by atoms with Gasteiger partial charge >= 0.3 is 29.3 Å². The molecule has 0 saturated carbocycles. The van der Waals surface area contributed by atoms with E-state index in [0.717, 1.165) is 0 Å². The Morgan fingerprint density at radius 1 is 0.842 bits per heavy atom. The first-order chi connectivity index (χ1) is 8.83. The van der Waals surface area contributed by atoms with Gasteiger partial charge in [-0.2, -0.15) is 0 Å². The molecule has 0 aliphatic heterocycles. The lowest BCUT2D eigenvalue weighted by Crippen LogP contribution is -2.54. The largest absolute Gasteiger partial charge is 0.480 e. The number of carbonyl (C=O) groups excluding carboxylic acids is 1. The zero-order chi connectivity index (χ0) is 14.6. The van der Waals surface area contributed by atoms with Crippen molar-refractivity contribution in [3.63, 3.8) is 0 Å². The van der Waals surface area contributed by atoms with Gasteiger partial charge in [-0.15, -0.1) is 0 Å². The van der Waals surface area contributed by atoms with Crippen LogP contribution < -0.4 is 4.74 Å². The molecule has 0 aromatic heterocycles. The number of carbonyl (C=O) groups is 4. The van der Waals surface area contributed by atoms with Gasteiger partial charge in [-0.1, -0.05) is 18.2 Å². The summed E-state index contributed by atoms with van der Waals surface area (Å²) in [4.78, 5) is 44.2. The van der Waals surface area contributed by atoms with Crippen LogP contribution in [-0.2, 0) is 19.2 Å². The number of esters is 1. The van der Waals surface area contributed by atoms with Gasteiger partial charge in [-0.3, -0.25) is 0 Å². The molecule has 0 aliphatic carbocycles. The minimum Gasteiger partial charge on any atom is -0.480 e. The van der Waals surface area contributed by atoms with Crippen LogP contribution in [0.25, 0.3) is 0 Å². The molecule has 0 aliphatic rings. The van der Waals surface area contributed by atoms with Crippen molar-refractivity contribution in [2.75, 3.05) is 0 Å². The van der Waals surface area contributed by atoms with Crippen LogP contribution in [0.5, 0.6) is 5.75 Å². The Bertz CT molecular complexity index is 497. The average molecular weight is 268 g/mol. The molecule has 8 nitrogen and oxygen atoms in total. The number of carboxylic acids is 3. The van der Waals surface area contributed by atoms with Crippen LogP contribution in [-0.4, -0.2) is 39.2 Å². The molecule has 0 unspecified atom stereocenters. The van der Waals surface area contributed by atoms with Gasteiger partial charge in [-0.05, 0) is 12.1 Å². The number of rotatable bonds is 5. The summed E-state index contributed by atoms with van der Waals surface area (Å²) in [5.74, 6) is -9.10. The van der Waals surface area contributed by atoms with Gasteiger partial charge in [0.15, 0.2) is 0 Å². The predicted octanol–water partition coefficient (Wildman–Crippen LogP) is -0.168. The van der Waals surface area contributed by atoms with Gasteiger partial charge in [0.25, 0.3) is 0 Å². The molecule has 0 amide bonds. The number of aliphatic carboxylic acids is 3. The van der Waals surface area contributed by atoms with Crippen LogP contribution in [0.15, 0.2) is 30.3 Å². The standard InChI is InChI=1S/C11H8O8/c12-7(13)11(8(14)15,9(16)17)10(18)19-6-4-2-1-3-5-6/h1-5H,(H,12,13)(H,14,15)(H,16,17). The third-order valence-electron chi connectivity index (χ3n) is 2.22. The molecule has 1 aromatic carbocycles. The Hall–Kier alpha value is -2.90. The highest BCUT2D eigenvalue weighted by Gasteiger charge is 2.63. The van der Waals surface area contributed by atoms with Crippen molar-refractivity contribution in [3.05, 3.63) is 30.3 Å². The second-order valence-corrected chi connectivity index (χ2v) is 3.37. The van der Waals surface area contributed by atoms with Crippen molar-refractivity contribution in [1.29, 1.82) is 0 Å². The van der Waals surface area contributed by atoms with Gasteiger partial charge in [0, 0.05) is 0 Å². The third-order valence-corrected chi connectivity index (χ3v) is 2.22. The maximum atomic E-state index is 11.6. The van der Waals surface area contributed by atoms with Crippen LogP contribution in [0.3, 0.4) is 0 Å². The van der Waals surface area contributed by atoms with Crippen LogP contribution >= 0.6 is 0 Å². The summed E-state index contributed by atoms with van der Waals surface area (Å²) in [6.45, 7) is 0. The summed E-state index contributed by atoms with van der Waals surface area (Å²) in [5, 5.41) is 26.3. The number of para-hydroxylation sites is 1. The Morgan fingerprint density at radius 2 is 1.26 bits per heavy atom. The maximum Gasteiger partial charge on any atom is 0.355 e. The summed E-state index contributed by atoms with van der Waals surface area (Å²) in [5.41, 5.74) is -3.70. The number of hydrogen-bond acceptors (Lipinski definition) is 5. The topological polar surface area (TPSA) is 138 Å². The Morgan fingerprint density at radius 3 is 1.63 bits per heavy atom. The highest BCUT2D eigenvalue weighted by atomic mass is 16.5. The Kier molecular flexibility index (Phi) is 3.85. The minimum atomic E-state index is -3.70. The van der Waals surface area contributed by atoms with E-state index in [9.17, 15) is 19.2 Å². The molecule has 1 aromatic rings. The Labute approximate surface area is 105 Å². The van der Waals surface area contributed by atoms with Crippen LogP contribution in [0.1, 0.15) is 0 Å². The van der Waals surface area contributed by atoms with Crippen molar-refractivity contribution in [3.8, 4) is 5.75 Å². The van der Waals surface area contributed by atoms with Gasteiger partial charge < -0.3 is 20.1 Å². The molecule has 100 valence electrons. The lowest BCUT2D eigenvalue weighted by atomic mass is 9.88. The van der Waals surface area contributed by atoms with E-state index < -0.39 is 29.3 Å². The van der Waals surface area contributed by atoms with Crippen molar-refractivity contribution < 1.29 is 39.2 Å². The highest BCUT2D eigenvalue weighted by molar-refractivity contribution is 6.31. The second-order valence-electron chi connectivity index (χ2n) is 3.37. The molecule has 0 saturated heterocycles. The number of hydrogen-bond donors (Lipinski definition) is 3. The fourth-order valence-corrected chi connectivity index (χ4v) is 1.21. The summed E-state index contributed by atoms with van der Waals surface area (Å²) in [7, 11) is 0. The van der Waals surface area contributed by atoms with Gasteiger partial charge in [-0.25, -0.2) is 19.2 Å². The van der Waals surface area contributed by atoms with E-state index in [0.29, 0.717) is 0 Å². The fraction of sp³-hybridized carbons (Fsp3) is 0.0909. The van der Waals surface area contributed by atoms with E-state index in [1.807, 2.05) is 0 Å². The normalized spacial score (nSPS) is 10.5. The Balaban J connectivity index is 3.20. The van der Waals surface area contributed by atoms with Crippen LogP contribution in [0, 0.1) is 5.41 Å². The van der Waals surface area contributed by atoms with Gasteiger partial charge in [0.2, 0.25) is 0 Å². The minimum absolute atomic E-state index is 0.166. The van der Waals surface area contributed by atoms with E-state index in [-0.39, 0.29) is 5.75 Å². The molecule has 0 radical (unpaired) electrons. The quantitative estimate of drug-likeness (QED) is 0.380. The first-order valence-corrected chi connectivity index (χ1v) is 4.81. The monoisotopic (exact) mass is 268 g/mol. The molecule has 0 heterocycles. The highest BCUT2D eigenvalue weighted by Crippen LogP contribution is 2.23. The average Bonchev–Trinajstić information content (AvgIpc) is 2.29. The van der Waals surface area contributed by atoms with Gasteiger partial charge in [0.1, 0.15) is 5.75 Å². The lowest BCUT2D eigenvalue weighted by molar-refractivity contribution is -0.182. The molecular weight excluding hydrogens is 260 g/mol. The SMILES string of the molecule is O=C(O)C(C(=O)O)(C(=O)O)C(=O)Oc1ccccc1. The fourth-order valence-electron chi connectivity index (χ4n) is 1.21. The second kappa shape index (κ2) is 5.17. The van der Waals surface area contributed by atoms with Crippen molar-refractivity contribution >= 4 is 23.9 Å². The molecule has 1 rings (SSSR count). The molecule has 0 atom stereocenters. The van der Waals surface area contributed by atoms with Crippen molar-refractivity contribution in [2.45, 2.75) is 0 Å². The predicted molar refractivity (Wildman–Crippen MR) is 57.4 cm³/mol. The summed E-state index contributed by atoms with van der Waals surface area (Å²) >= 11 is 0. The molecule has 3 N–H and O–H groups in total. The molecule has 8 heteroatoms. The summed E-state index contributed by atoms with van der Waals surface area (Å²) in [6, 6.07) is 6.93. The molecule has 0 bridgehead atoms. The van der Waals surface area contributed by atoms with Gasteiger partial charge in [0.05, 0.1) is 0 Å². The summed E-state index contributed by atoms with van der Waals surface area (Å²) in [6.07, 6.45) is 0. The van der Waals surface area contributed by atoms with E-state index >= 15 is 0 Å². The zero-order valence-electron chi connectivity index (χ0n) is 9.27. The zero-order valence-corrected chi connectivity index (χ0v) is 9.27. The third kappa shape index (κ3) is 2.37. The van der Waals surface area contributed by atoms with Crippen LogP contribution in [0.2, 0.25) is 0 Å². The number of benzene rings is 1.